The maximum Gasteiger partial charge on any atom is 0.261 e. The first-order valence-electron chi connectivity index (χ1n) is 11.3. The second kappa shape index (κ2) is 10.1. The van der Waals surface area contributed by atoms with Crippen molar-refractivity contribution in [2.75, 3.05) is 35.8 Å². The van der Waals surface area contributed by atoms with Crippen molar-refractivity contribution in [3.05, 3.63) is 90.0 Å². The summed E-state index contributed by atoms with van der Waals surface area (Å²) in [6, 6.07) is 23.8. The van der Waals surface area contributed by atoms with Gasteiger partial charge < -0.3 is 9.80 Å². The molecular weight excluding hydrogens is 434 g/mol. The van der Waals surface area contributed by atoms with Gasteiger partial charge in [0.25, 0.3) is 15.9 Å². The van der Waals surface area contributed by atoms with Crippen molar-refractivity contribution in [3.8, 4) is 0 Å². The summed E-state index contributed by atoms with van der Waals surface area (Å²) in [5, 5.41) is 0. The van der Waals surface area contributed by atoms with Gasteiger partial charge in [0.05, 0.1) is 4.90 Å². The summed E-state index contributed by atoms with van der Waals surface area (Å²) < 4.78 is 28.5. The molecule has 4 rings (SSSR count). The third-order valence-corrected chi connectivity index (χ3v) is 7.20. The topological polar surface area (TPSA) is 69.7 Å². The molecule has 0 atom stereocenters. The standard InChI is InChI=1S/C26H29N3O3S/c1-2-7-21-12-14-23(15-13-21)27-33(31,32)25-11-6-8-22(20-25)26(30)29-18-16-28(17-19-29)24-9-4-3-5-10-24/h3-6,8-15,20,27H,2,7,16-19H2,1H3. The van der Waals surface area contributed by atoms with Crippen LogP contribution in [0.25, 0.3) is 0 Å². The first-order chi connectivity index (χ1) is 16.0. The van der Waals surface area contributed by atoms with Gasteiger partial charge in [-0.05, 0) is 54.4 Å². The van der Waals surface area contributed by atoms with Crippen LogP contribution in [0.15, 0.2) is 83.8 Å². The van der Waals surface area contributed by atoms with Crippen LogP contribution in [0.3, 0.4) is 0 Å². The molecule has 1 N–H and O–H groups in total. The van der Waals surface area contributed by atoms with Gasteiger partial charge in [-0.2, -0.15) is 0 Å². The number of hydrogen-bond donors (Lipinski definition) is 1. The second-order valence-electron chi connectivity index (χ2n) is 8.20. The molecule has 1 saturated heterocycles. The number of amides is 1. The largest absolute Gasteiger partial charge is 0.368 e. The van der Waals surface area contributed by atoms with E-state index in [1.807, 2.05) is 30.3 Å². The first kappa shape index (κ1) is 22.9. The Kier molecular flexibility index (Phi) is 6.99. The molecule has 7 heteroatoms. The number of benzene rings is 3. The number of aryl methyl sites for hydroxylation is 1. The lowest BCUT2D eigenvalue weighted by Crippen LogP contribution is -2.48. The van der Waals surface area contributed by atoms with Gasteiger partial charge in [0, 0.05) is 43.1 Å². The number of carbonyl (C=O) groups excluding carboxylic acids is 1. The zero-order valence-corrected chi connectivity index (χ0v) is 19.6. The van der Waals surface area contributed by atoms with E-state index in [1.165, 1.54) is 17.7 Å². The fraction of sp³-hybridized carbons (Fsp3) is 0.269. The summed E-state index contributed by atoms with van der Waals surface area (Å²) in [6.45, 7) is 4.76. The summed E-state index contributed by atoms with van der Waals surface area (Å²) in [4.78, 5) is 17.2. The van der Waals surface area contributed by atoms with Crippen molar-refractivity contribution < 1.29 is 13.2 Å². The minimum Gasteiger partial charge on any atom is -0.368 e. The van der Waals surface area contributed by atoms with Crippen molar-refractivity contribution in [2.45, 2.75) is 24.7 Å². The van der Waals surface area contributed by atoms with E-state index in [0.717, 1.165) is 31.6 Å². The maximum absolute atomic E-state index is 13.1. The van der Waals surface area contributed by atoms with Crippen LogP contribution in [0, 0.1) is 0 Å². The monoisotopic (exact) mass is 463 g/mol. The van der Waals surface area contributed by atoms with Gasteiger partial charge in [0.2, 0.25) is 0 Å². The fourth-order valence-electron chi connectivity index (χ4n) is 4.03. The van der Waals surface area contributed by atoms with Gasteiger partial charge in [-0.3, -0.25) is 9.52 Å². The molecule has 1 heterocycles. The highest BCUT2D eigenvalue weighted by Crippen LogP contribution is 2.20. The molecule has 1 amide bonds. The predicted molar refractivity (Wildman–Crippen MR) is 132 cm³/mol. The zero-order chi connectivity index (χ0) is 23.3. The number of para-hydroxylation sites is 1. The van der Waals surface area contributed by atoms with Gasteiger partial charge >= 0.3 is 0 Å². The first-order valence-corrected chi connectivity index (χ1v) is 12.8. The van der Waals surface area contributed by atoms with Crippen molar-refractivity contribution in [2.24, 2.45) is 0 Å². The minimum absolute atomic E-state index is 0.0777. The van der Waals surface area contributed by atoms with E-state index < -0.39 is 10.0 Å². The Labute approximate surface area is 195 Å². The molecule has 3 aromatic carbocycles. The number of rotatable bonds is 7. The molecule has 1 aliphatic rings. The average Bonchev–Trinajstić information content (AvgIpc) is 2.85. The molecule has 0 saturated carbocycles. The highest BCUT2D eigenvalue weighted by Gasteiger charge is 2.24. The molecule has 3 aromatic rings. The number of hydrogen-bond acceptors (Lipinski definition) is 4. The van der Waals surface area contributed by atoms with E-state index in [2.05, 4.69) is 28.7 Å². The molecule has 0 bridgehead atoms. The van der Waals surface area contributed by atoms with Gasteiger partial charge in [-0.25, -0.2) is 8.42 Å². The molecule has 0 aromatic heterocycles. The van der Waals surface area contributed by atoms with Crippen LogP contribution >= 0.6 is 0 Å². The number of sulfonamides is 1. The molecule has 0 spiro atoms. The highest BCUT2D eigenvalue weighted by atomic mass is 32.2. The predicted octanol–water partition coefficient (Wildman–Crippen LogP) is 4.40. The van der Waals surface area contributed by atoms with Crippen LogP contribution in [0.4, 0.5) is 11.4 Å². The maximum atomic E-state index is 13.1. The van der Waals surface area contributed by atoms with E-state index in [-0.39, 0.29) is 10.8 Å². The Morgan fingerprint density at radius 3 is 2.24 bits per heavy atom. The molecule has 0 radical (unpaired) electrons. The average molecular weight is 464 g/mol. The van der Waals surface area contributed by atoms with Gasteiger partial charge in [0.1, 0.15) is 0 Å². The lowest BCUT2D eigenvalue weighted by Gasteiger charge is -2.36. The highest BCUT2D eigenvalue weighted by molar-refractivity contribution is 7.92. The minimum atomic E-state index is -3.80. The zero-order valence-electron chi connectivity index (χ0n) is 18.8. The number of nitrogens with one attached hydrogen (secondary N) is 1. The smallest absolute Gasteiger partial charge is 0.261 e. The summed E-state index contributed by atoms with van der Waals surface area (Å²) >= 11 is 0. The quantitative estimate of drug-likeness (QED) is 0.564. The molecule has 1 aliphatic heterocycles. The van der Waals surface area contributed by atoms with Crippen molar-refractivity contribution in [1.29, 1.82) is 0 Å². The summed E-state index contributed by atoms with van der Waals surface area (Å²) in [6.07, 6.45) is 1.99. The molecule has 6 nitrogen and oxygen atoms in total. The van der Waals surface area contributed by atoms with Crippen molar-refractivity contribution in [3.63, 3.8) is 0 Å². The van der Waals surface area contributed by atoms with Crippen molar-refractivity contribution in [1.82, 2.24) is 4.90 Å². The van der Waals surface area contributed by atoms with E-state index in [1.54, 1.807) is 29.2 Å². The van der Waals surface area contributed by atoms with Crippen LogP contribution in [-0.2, 0) is 16.4 Å². The van der Waals surface area contributed by atoms with E-state index in [4.69, 9.17) is 0 Å². The molecular formula is C26H29N3O3S. The Balaban J connectivity index is 1.43. The molecule has 172 valence electrons. The van der Waals surface area contributed by atoms with E-state index in [0.29, 0.717) is 24.3 Å². The Morgan fingerprint density at radius 1 is 0.879 bits per heavy atom. The SMILES string of the molecule is CCCc1ccc(NS(=O)(=O)c2cccc(C(=O)N3CCN(c4ccccc4)CC3)c2)cc1. The second-order valence-corrected chi connectivity index (χ2v) is 9.88. The molecule has 0 aliphatic carbocycles. The number of nitrogens with zero attached hydrogens (tertiary/aromatic N) is 2. The lowest BCUT2D eigenvalue weighted by atomic mass is 10.1. The normalized spacial score (nSPS) is 14.2. The number of piperazine rings is 1. The lowest BCUT2D eigenvalue weighted by molar-refractivity contribution is 0.0746. The van der Waals surface area contributed by atoms with Crippen molar-refractivity contribution >= 4 is 27.3 Å². The molecule has 0 unspecified atom stereocenters. The summed E-state index contributed by atoms with van der Waals surface area (Å²) in [5.74, 6) is -0.149. The van der Waals surface area contributed by atoms with Crippen LogP contribution < -0.4 is 9.62 Å². The molecule has 33 heavy (non-hydrogen) atoms. The van der Waals surface area contributed by atoms with Crippen LogP contribution in [0.1, 0.15) is 29.3 Å². The van der Waals surface area contributed by atoms with E-state index >= 15 is 0 Å². The summed E-state index contributed by atoms with van der Waals surface area (Å²) in [5.41, 5.74) is 3.19. The fourth-order valence-corrected chi connectivity index (χ4v) is 5.13. The summed E-state index contributed by atoms with van der Waals surface area (Å²) in [7, 11) is -3.80. The number of carbonyl (C=O) groups is 1. The Morgan fingerprint density at radius 2 is 1.58 bits per heavy atom. The molecule has 1 fully saturated rings. The van der Waals surface area contributed by atoms with Gasteiger partial charge in [-0.1, -0.05) is 49.7 Å². The third-order valence-electron chi connectivity index (χ3n) is 5.82. The van der Waals surface area contributed by atoms with Gasteiger partial charge in [0.15, 0.2) is 0 Å². The Hall–Kier alpha value is -3.32. The number of anilines is 2. The van der Waals surface area contributed by atoms with Crippen LogP contribution in [0.5, 0.6) is 0 Å². The Bertz CT molecular complexity index is 1190. The van der Waals surface area contributed by atoms with Gasteiger partial charge in [-0.15, -0.1) is 0 Å². The third kappa shape index (κ3) is 5.54. The van der Waals surface area contributed by atoms with Crippen LogP contribution in [-0.4, -0.2) is 45.4 Å². The van der Waals surface area contributed by atoms with E-state index in [9.17, 15) is 13.2 Å². The van der Waals surface area contributed by atoms with Crippen LogP contribution in [0.2, 0.25) is 0 Å².